The summed E-state index contributed by atoms with van der Waals surface area (Å²) in [5.74, 6) is -0.864. The molecule has 0 saturated carbocycles. The van der Waals surface area contributed by atoms with E-state index in [-0.39, 0.29) is 6.42 Å². The van der Waals surface area contributed by atoms with Gasteiger partial charge in [0.05, 0.1) is 12.2 Å². The van der Waals surface area contributed by atoms with Crippen molar-refractivity contribution in [2.24, 2.45) is 0 Å². The molecule has 24 heavy (non-hydrogen) atoms. The molecular weight excluding hydrogens is 304 g/mol. The molecule has 0 radical (unpaired) electrons. The molecule has 0 spiro atoms. The van der Waals surface area contributed by atoms with Gasteiger partial charge < -0.3 is 15.3 Å². The van der Waals surface area contributed by atoms with Crippen LogP contribution in [-0.2, 0) is 4.79 Å². The summed E-state index contributed by atoms with van der Waals surface area (Å²) in [5, 5.41) is 27.8. The molecule has 0 aromatic carbocycles. The fourth-order valence-electron chi connectivity index (χ4n) is 2.00. The van der Waals surface area contributed by atoms with Crippen molar-refractivity contribution in [1.82, 2.24) is 0 Å². The minimum Gasteiger partial charge on any atom is -0.481 e. The molecule has 3 N–H and O–H groups in total. The molecule has 0 aliphatic heterocycles. The number of rotatable bonds is 14. The number of carboxylic acids is 1. The van der Waals surface area contributed by atoms with Gasteiger partial charge >= 0.3 is 5.97 Å². The lowest BCUT2D eigenvalue weighted by molar-refractivity contribution is -0.137. The van der Waals surface area contributed by atoms with Crippen LogP contribution in [0.1, 0.15) is 58.3 Å². The Morgan fingerprint density at radius 2 is 1.75 bits per heavy atom. The monoisotopic (exact) mass is 336 g/mol. The molecule has 2 atom stereocenters. The molecule has 0 rings (SSSR count). The number of aliphatic carboxylic acids is 1. The van der Waals surface area contributed by atoms with E-state index >= 15 is 0 Å². The summed E-state index contributed by atoms with van der Waals surface area (Å²) in [6.45, 7) is 2.20. The Morgan fingerprint density at radius 3 is 2.46 bits per heavy atom. The molecule has 0 aromatic heterocycles. The van der Waals surface area contributed by atoms with Gasteiger partial charge in [-0.1, -0.05) is 68.4 Å². The van der Waals surface area contributed by atoms with Crippen LogP contribution in [0.25, 0.3) is 0 Å². The fraction of sp³-hybridized carbons (Fsp3) is 0.550. The predicted octanol–water partition coefficient (Wildman–Crippen LogP) is 4.16. The molecule has 0 amide bonds. The van der Waals surface area contributed by atoms with Crippen molar-refractivity contribution in [2.45, 2.75) is 70.5 Å². The van der Waals surface area contributed by atoms with Gasteiger partial charge in [0.25, 0.3) is 0 Å². The third-order valence-electron chi connectivity index (χ3n) is 3.39. The zero-order valence-electron chi connectivity index (χ0n) is 14.7. The third kappa shape index (κ3) is 16.7. The van der Waals surface area contributed by atoms with E-state index in [4.69, 9.17) is 5.11 Å². The second kappa shape index (κ2) is 16.2. The second-order valence-corrected chi connectivity index (χ2v) is 5.74. The van der Waals surface area contributed by atoms with Crippen molar-refractivity contribution in [1.29, 1.82) is 0 Å². The van der Waals surface area contributed by atoms with Crippen LogP contribution < -0.4 is 0 Å². The second-order valence-electron chi connectivity index (χ2n) is 5.74. The topological polar surface area (TPSA) is 77.8 Å². The Hall–Kier alpha value is -1.65. The molecule has 0 bridgehead atoms. The van der Waals surface area contributed by atoms with E-state index in [9.17, 15) is 15.0 Å². The summed E-state index contributed by atoms with van der Waals surface area (Å²) in [5.41, 5.74) is 0. The maximum atomic E-state index is 10.4. The van der Waals surface area contributed by atoms with E-state index in [1.54, 1.807) is 12.2 Å². The van der Waals surface area contributed by atoms with Gasteiger partial charge in [-0.25, -0.2) is 0 Å². The lowest BCUT2D eigenvalue weighted by Crippen LogP contribution is -2.06. The van der Waals surface area contributed by atoms with Crippen molar-refractivity contribution in [3.8, 4) is 0 Å². The van der Waals surface area contributed by atoms with E-state index in [0.717, 1.165) is 12.8 Å². The zero-order chi connectivity index (χ0) is 18.0. The maximum Gasteiger partial charge on any atom is 0.303 e. The molecule has 0 saturated heterocycles. The molecule has 0 fully saturated rings. The van der Waals surface area contributed by atoms with E-state index in [1.165, 1.54) is 31.4 Å². The Morgan fingerprint density at radius 1 is 0.958 bits per heavy atom. The lowest BCUT2D eigenvalue weighted by atomic mass is 10.1. The number of hydrogen-bond donors (Lipinski definition) is 3. The van der Waals surface area contributed by atoms with Crippen LogP contribution in [0.2, 0.25) is 0 Å². The Bertz CT molecular complexity index is 421. The highest BCUT2D eigenvalue weighted by Crippen LogP contribution is 2.03. The molecule has 4 heteroatoms. The van der Waals surface area contributed by atoms with Crippen LogP contribution in [0, 0.1) is 0 Å². The SMILES string of the molecule is CCCCC/C=C\C/C=C\C=C\[C@H](O)/C=C\[C@H](O)CCCC(=O)O. The van der Waals surface area contributed by atoms with Gasteiger partial charge in [0.1, 0.15) is 0 Å². The van der Waals surface area contributed by atoms with Crippen LogP contribution in [0.5, 0.6) is 0 Å². The normalized spacial score (nSPS) is 15.1. The van der Waals surface area contributed by atoms with Gasteiger partial charge in [0.2, 0.25) is 0 Å². The molecule has 136 valence electrons. The number of hydrogen-bond acceptors (Lipinski definition) is 3. The molecule has 4 nitrogen and oxygen atoms in total. The van der Waals surface area contributed by atoms with E-state index in [1.807, 2.05) is 12.2 Å². The van der Waals surface area contributed by atoms with E-state index in [2.05, 4.69) is 19.1 Å². The third-order valence-corrected chi connectivity index (χ3v) is 3.39. The summed E-state index contributed by atoms with van der Waals surface area (Å²) >= 11 is 0. The predicted molar refractivity (Wildman–Crippen MR) is 98.8 cm³/mol. The van der Waals surface area contributed by atoms with Crippen molar-refractivity contribution in [3.05, 3.63) is 48.6 Å². The van der Waals surface area contributed by atoms with E-state index in [0.29, 0.717) is 12.8 Å². The van der Waals surface area contributed by atoms with Gasteiger partial charge in [-0.2, -0.15) is 0 Å². The quantitative estimate of drug-likeness (QED) is 0.253. The first-order chi connectivity index (χ1) is 11.6. The van der Waals surface area contributed by atoms with Gasteiger partial charge in [0, 0.05) is 6.42 Å². The number of carboxylic acid groups (broad SMARTS) is 1. The minimum atomic E-state index is -0.864. The fourth-order valence-corrected chi connectivity index (χ4v) is 2.00. The van der Waals surface area contributed by atoms with Crippen molar-refractivity contribution < 1.29 is 20.1 Å². The average molecular weight is 336 g/mol. The highest BCUT2D eigenvalue weighted by atomic mass is 16.4. The Labute approximate surface area is 145 Å². The maximum absolute atomic E-state index is 10.4. The van der Waals surface area contributed by atoms with Crippen molar-refractivity contribution >= 4 is 5.97 Å². The zero-order valence-corrected chi connectivity index (χ0v) is 14.7. The lowest BCUT2D eigenvalue weighted by Gasteiger charge is -2.04. The average Bonchev–Trinajstić information content (AvgIpc) is 2.54. The number of unbranched alkanes of at least 4 members (excludes halogenated alkanes) is 3. The smallest absolute Gasteiger partial charge is 0.303 e. The van der Waals surface area contributed by atoms with Crippen LogP contribution in [0.4, 0.5) is 0 Å². The van der Waals surface area contributed by atoms with E-state index < -0.39 is 18.2 Å². The molecule has 0 unspecified atom stereocenters. The first-order valence-electron chi connectivity index (χ1n) is 8.80. The summed E-state index contributed by atoms with van der Waals surface area (Å²) in [6, 6.07) is 0. The van der Waals surface area contributed by atoms with Crippen LogP contribution in [0.15, 0.2) is 48.6 Å². The van der Waals surface area contributed by atoms with Gasteiger partial charge in [-0.3, -0.25) is 4.79 Å². The largest absolute Gasteiger partial charge is 0.481 e. The number of aliphatic hydroxyl groups excluding tert-OH is 2. The summed E-state index contributed by atoms with van der Waals surface area (Å²) in [7, 11) is 0. The highest BCUT2D eigenvalue weighted by molar-refractivity contribution is 5.66. The number of aliphatic hydroxyl groups is 2. The van der Waals surface area contributed by atoms with Crippen LogP contribution in [-0.4, -0.2) is 33.5 Å². The first-order valence-corrected chi connectivity index (χ1v) is 8.80. The van der Waals surface area contributed by atoms with Gasteiger partial charge in [-0.15, -0.1) is 0 Å². The first kappa shape index (κ1) is 22.4. The number of carbonyl (C=O) groups is 1. The summed E-state index contributed by atoms with van der Waals surface area (Å²) in [6.07, 6.45) is 19.8. The Kier molecular flexibility index (Phi) is 15.1. The van der Waals surface area contributed by atoms with Gasteiger partial charge in [-0.05, 0) is 32.1 Å². The molecule has 0 aliphatic rings. The number of allylic oxidation sites excluding steroid dienone is 5. The van der Waals surface area contributed by atoms with Crippen molar-refractivity contribution in [2.75, 3.05) is 0 Å². The summed E-state index contributed by atoms with van der Waals surface area (Å²) < 4.78 is 0. The Balaban J connectivity index is 3.82. The molecule has 0 aliphatic carbocycles. The molecular formula is C20H32O4. The van der Waals surface area contributed by atoms with Crippen LogP contribution in [0.3, 0.4) is 0 Å². The minimum absolute atomic E-state index is 0.0468. The summed E-state index contributed by atoms with van der Waals surface area (Å²) in [4.78, 5) is 10.4. The molecule has 0 heterocycles. The standard InChI is InChI=1S/C20H32O4/c1-2-3-4-5-6-7-8-9-10-11-13-18(21)16-17-19(22)14-12-15-20(23)24/h6-7,9-11,13,16-19,21-22H,2-5,8,12,14-15H2,1H3,(H,23,24)/b7-6-,10-9-,13-11+,17-16-/t18-,19+/m0/s1. The van der Waals surface area contributed by atoms with Crippen LogP contribution >= 0.6 is 0 Å². The van der Waals surface area contributed by atoms with Gasteiger partial charge in [0.15, 0.2) is 0 Å². The van der Waals surface area contributed by atoms with Crippen molar-refractivity contribution in [3.63, 3.8) is 0 Å². The highest BCUT2D eigenvalue weighted by Gasteiger charge is 2.02. The molecule has 0 aromatic rings.